The van der Waals surface area contributed by atoms with Crippen LogP contribution >= 0.6 is 0 Å². The summed E-state index contributed by atoms with van der Waals surface area (Å²) in [5, 5.41) is 72.2. The number of carbonyl (C=O) groups excluding carboxylic acids is 1. The number of ether oxygens (including phenoxy) is 2. The van der Waals surface area contributed by atoms with E-state index in [1.165, 1.54) is 6.08 Å². The Balaban J connectivity index is 1.46. The van der Waals surface area contributed by atoms with Gasteiger partial charge in [0.25, 0.3) is 0 Å². The van der Waals surface area contributed by atoms with Gasteiger partial charge in [-0.3, -0.25) is 4.79 Å². The molecule has 3 aromatic carbocycles. The highest BCUT2D eigenvalue weighted by atomic mass is 16.6. The molecule has 0 saturated carbocycles. The fourth-order valence-electron chi connectivity index (χ4n) is 4.57. The van der Waals surface area contributed by atoms with Gasteiger partial charge in [0, 0.05) is 18.2 Å². The van der Waals surface area contributed by atoms with Crippen molar-refractivity contribution in [1.29, 1.82) is 0 Å². The largest absolute Gasteiger partial charge is 0.507 e. The Morgan fingerprint density at radius 1 is 0.875 bits per heavy atom. The first-order chi connectivity index (χ1) is 19.1. The third-order valence-corrected chi connectivity index (χ3v) is 6.65. The molecule has 0 aliphatic carbocycles. The Kier molecular flexibility index (Phi) is 7.08. The first kappa shape index (κ1) is 27.0. The molecule has 5 atom stereocenters. The lowest BCUT2D eigenvalue weighted by atomic mass is 9.89. The van der Waals surface area contributed by atoms with E-state index in [-0.39, 0.29) is 16.6 Å². The van der Waals surface area contributed by atoms with Gasteiger partial charge in [0.1, 0.15) is 65.2 Å². The smallest absolute Gasteiger partial charge is 0.330 e. The number of aliphatic hydroxyl groups excluding tert-OH is 3. The van der Waals surface area contributed by atoms with E-state index in [4.69, 9.17) is 13.9 Å². The highest BCUT2D eigenvalue weighted by Gasteiger charge is 2.46. The molecule has 1 aromatic heterocycles. The van der Waals surface area contributed by atoms with Crippen LogP contribution < -0.4 is 5.43 Å². The number of hydrogen-bond donors (Lipinski definition) is 7. The molecule has 0 radical (unpaired) electrons. The van der Waals surface area contributed by atoms with Crippen LogP contribution in [-0.2, 0) is 14.3 Å². The summed E-state index contributed by atoms with van der Waals surface area (Å²) in [4.78, 5) is 25.4. The summed E-state index contributed by atoms with van der Waals surface area (Å²) >= 11 is 0. The van der Waals surface area contributed by atoms with E-state index in [9.17, 15) is 45.3 Å². The molecular formula is C28H24O12. The van der Waals surface area contributed by atoms with E-state index in [1.54, 1.807) is 24.3 Å². The number of carbonyl (C=O) groups is 1. The van der Waals surface area contributed by atoms with Crippen LogP contribution in [0.3, 0.4) is 0 Å². The zero-order chi connectivity index (χ0) is 28.7. The van der Waals surface area contributed by atoms with Crippen molar-refractivity contribution in [2.24, 2.45) is 0 Å². The van der Waals surface area contributed by atoms with Crippen LogP contribution in [-0.4, -0.2) is 72.7 Å². The van der Waals surface area contributed by atoms with Crippen LogP contribution in [0, 0.1) is 0 Å². The van der Waals surface area contributed by atoms with E-state index >= 15 is 0 Å². The molecule has 0 spiro atoms. The van der Waals surface area contributed by atoms with Crippen LogP contribution in [0.2, 0.25) is 0 Å². The number of aliphatic hydroxyl groups is 3. The number of phenols is 4. The minimum Gasteiger partial charge on any atom is -0.507 e. The minimum atomic E-state index is -1.89. The Morgan fingerprint density at radius 2 is 1.55 bits per heavy atom. The monoisotopic (exact) mass is 552 g/mol. The summed E-state index contributed by atoms with van der Waals surface area (Å²) < 4.78 is 16.3. The van der Waals surface area contributed by atoms with Gasteiger partial charge in [-0.2, -0.15) is 0 Å². The van der Waals surface area contributed by atoms with Crippen molar-refractivity contribution in [2.75, 3.05) is 6.61 Å². The number of esters is 1. The number of rotatable bonds is 5. The van der Waals surface area contributed by atoms with E-state index in [2.05, 4.69) is 0 Å². The molecule has 1 saturated heterocycles. The van der Waals surface area contributed by atoms with Crippen LogP contribution in [0.4, 0.5) is 0 Å². The van der Waals surface area contributed by atoms with Crippen LogP contribution in [0.1, 0.15) is 17.2 Å². The lowest BCUT2D eigenvalue weighted by Gasteiger charge is -2.40. The molecule has 1 aliphatic heterocycles. The molecule has 208 valence electrons. The number of phenolic OH excluding ortho intramolecular Hbond substituents is 4. The summed E-state index contributed by atoms with van der Waals surface area (Å²) in [6.45, 7) is -0.565. The Hall–Kier alpha value is -4.62. The molecule has 4 aromatic rings. The van der Waals surface area contributed by atoms with Gasteiger partial charge in [-0.1, -0.05) is 30.3 Å². The average Bonchev–Trinajstić information content (AvgIpc) is 2.92. The molecule has 1 aliphatic rings. The highest BCUT2D eigenvalue weighted by molar-refractivity contribution is 5.96. The van der Waals surface area contributed by atoms with Gasteiger partial charge in [-0.05, 0) is 17.7 Å². The van der Waals surface area contributed by atoms with Gasteiger partial charge in [-0.15, -0.1) is 0 Å². The quantitative estimate of drug-likeness (QED) is 0.0814. The second kappa shape index (κ2) is 10.5. The Labute approximate surface area is 224 Å². The fourth-order valence-corrected chi connectivity index (χ4v) is 4.57. The summed E-state index contributed by atoms with van der Waals surface area (Å²) in [5.74, 6) is -3.51. The van der Waals surface area contributed by atoms with Crippen molar-refractivity contribution in [3.63, 3.8) is 0 Å². The molecule has 0 amide bonds. The molecule has 1 fully saturated rings. The normalized spacial score (nSPS) is 23.1. The standard InChI is InChI=1S/C28H24O12/c29-14-8-13-17(9-15(14)30)39-18-10-16(31)21(25(35)22(18)23(13)33)28-27(37)26(36)24(34)19(40-28)11-38-20(32)7-6-12-4-2-1-3-5-12/h1-10,19,24,26-31,34-37H,11H2/b7-6+/t19-,24-,26+,27-,28+/m1/s1. The maximum absolute atomic E-state index is 13.2. The summed E-state index contributed by atoms with van der Waals surface area (Å²) in [5.41, 5.74) is -1.04. The highest BCUT2D eigenvalue weighted by Crippen LogP contribution is 2.45. The van der Waals surface area contributed by atoms with Crippen molar-refractivity contribution in [2.45, 2.75) is 30.5 Å². The second-order valence-corrected chi connectivity index (χ2v) is 9.24. The molecule has 0 unspecified atom stereocenters. The van der Waals surface area contributed by atoms with Crippen molar-refractivity contribution < 1.29 is 54.4 Å². The third kappa shape index (κ3) is 4.80. The van der Waals surface area contributed by atoms with Gasteiger partial charge in [0.05, 0.1) is 10.9 Å². The van der Waals surface area contributed by atoms with Gasteiger partial charge >= 0.3 is 5.97 Å². The lowest BCUT2D eigenvalue weighted by molar-refractivity contribution is -0.234. The van der Waals surface area contributed by atoms with E-state index in [0.717, 1.165) is 29.8 Å². The molecule has 5 rings (SSSR count). The molecule has 2 heterocycles. The zero-order valence-corrected chi connectivity index (χ0v) is 20.5. The van der Waals surface area contributed by atoms with Gasteiger partial charge in [-0.25, -0.2) is 4.79 Å². The molecule has 0 bridgehead atoms. The zero-order valence-electron chi connectivity index (χ0n) is 20.5. The molecule has 7 N–H and O–H groups in total. The maximum atomic E-state index is 13.2. The maximum Gasteiger partial charge on any atom is 0.330 e. The molecule has 12 heteroatoms. The second-order valence-electron chi connectivity index (χ2n) is 9.24. The van der Waals surface area contributed by atoms with E-state index < -0.39 is 82.5 Å². The van der Waals surface area contributed by atoms with E-state index in [0.29, 0.717) is 0 Å². The predicted molar refractivity (Wildman–Crippen MR) is 139 cm³/mol. The SMILES string of the molecule is O=C(/C=C/c1ccccc1)OC[C@H]1O[C@@H](c2c(O)cc3oc4cc(O)c(O)cc4c(=O)c3c2O)[C@H](O)[C@@H](O)[C@@H]1O. The Bertz CT molecular complexity index is 1680. The predicted octanol–water partition coefficient (Wildman–Crippen LogP) is 1.55. The molecular weight excluding hydrogens is 528 g/mol. The van der Waals surface area contributed by atoms with Crippen molar-refractivity contribution >= 4 is 34.0 Å². The average molecular weight is 552 g/mol. The topological polar surface area (TPSA) is 207 Å². The van der Waals surface area contributed by atoms with Crippen LogP contribution in [0.15, 0.2) is 63.8 Å². The minimum absolute atomic E-state index is 0.143. The summed E-state index contributed by atoms with van der Waals surface area (Å²) in [6.07, 6.45) is -5.90. The van der Waals surface area contributed by atoms with Crippen molar-refractivity contribution in [3.8, 4) is 23.0 Å². The van der Waals surface area contributed by atoms with Crippen molar-refractivity contribution in [1.82, 2.24) is 0 Å². The molecule has 40 heavy (non-hydrogen) atoms. The molecule has 12 nitrogen and oxygen atoms in total. The summed E-state index contributed by atoms with van der Waals surface area (Å²) in [6, 6.07) is 11.8. The van der Waals surface area contributed by atoms with E-state index in [1.807, 2.05) is 6.07 Å². The lowest BCUT2D eigenvalue weighted by Crippen LogP contribution is -2.55. The number of aromatic hydroxyl groups is 4. The van der Waals surface area contributed by atoms with Crippen molar-refractivity contribution in [3.05, 3.63) is 76.0 Å². The number of hydrogen-bond acceptors (Lipinski definition) is 12. The van der Waals surface area contributed by atoms with Gasteiger partial charge < -0.3 is 49.6 Å². The van der Waals surface area contributed by atoms with Crippen LogP contribution in [0.25, 0.3) is 28.0 Å². The fraction of sp³-hybridized carbons (Fsp3) is 0.214. The third-order valence-electron chi connectivity index (χ3n) is 6.65. The Morgan fingerprint density at radius 3 is 2.27 bits per heavy atom. The first-order valence-electron chi connectivity index (χ1n) is 12.0. The number of fused-ring (bicyclic) bond motifs is 2. The van der Waals surface area contributed by atoms with Crippen LogP contribution in [0.5, 0.6) is 23.0 Å². The number of benzene rings is 3. The van der Waals surface area contributed by atoms with Gasteiger partial charge in [0.2, 0.25) is 5.43 Å². The van der Waals surface area contributed by atoms with Gasteiger partial charge in [0.15, 0.2) is 11.5 Å². The first-order valence-corrected chi connectivity index (χ1v) is 12.0. The summed E-state index contributed by atoms with van der Waals surface area (Å²) in [7, 11) is 0.